The Kier molecular flexibility index (Phi) is 7.19. The van der Waals surface area contributed by atoms with Gasteiger partial charge in [0.1, 0.15) is 12.1 Å². The summed E-state index contributed by atoms with van der Waals surface area (Å²) in [5.41, 5.74) is 2.94. The van der Waals surface area contributed by atoms with Crippen molar-refractivity contribution >= 4 is 11.7 Å². The molecule has 7 rings (SSSR count). The standard InChI is InChI=1S/C31H33N7O5/c1-20-11-29(35-31(33-20)37-8-7-32-17-37)38-10-9-36(15-22-3-5-25-27(12-22)42-18-40-25)16-24(38)14-30(39)34-21(2)23-4-6-26-28(13-23)43-19-41-26/h3-8,11-13,17,21,24H,9-10,14-16,18-19H2,1-2H3,(H,34,39). The molecule has 2 unspecified atom stereocenters. The first-order valence-electron chi connectivity index (χ1n) is 14.4. The quantitative estimate of drug-likeness (QED) is 0.331. The zero-order valence-electron chi connectivity index (χ0n) is 24.1. The van der Waals surface area contributed by atoms with Crippen LogP contribution in [0.2, 0.25) is 0 Å². The molecule has 2 aromatic carbocycles. The van der Waals surface area contributed by atoms with E-state index in [1.807, 2.05) is 56.4 Å². The van der Waals surface area contributed by atoms with Crippen molar-refractivity contribution < 1.29 is 23.7 Å². The van der Waals surface area contributed by atoms with Crippen LogP contribution in [-0.4, -0.2) is 69.6 Å². The molecule has 1 amide bonds. The summed E-state index contributed by atoms with van der Waals surface area (Å²) in [6, 6.07) is 13.5. The summed E-state index contributed by atoms with van der Waals surface area (Å²) in [6.45, 7) is 7.33. The number of hydrogen-bond acceptors (Lipinski definition) is 10. The van der Waals surface area contributed by atoms with Crippen LogP contribution in [0.5, 0.6) is 23.0 Å². The molecule has 43 heavy (non-hydrogen) atoms. The molecule has 5 heterocycles. The minimum Gasteiger partial charge on any atom is -0.454 e. The Morgan fingerprint density at radius 2 is 1.74 bits per heavy atom. The lowest BCUT2D eigenvalue weighted by molar-refractivity contribution is -0.122. The molecule has 0 bridgehead atoms. The number of imidazole rings is 1. The summed E-state index contributed by atoms with van der Waals surface area (Å²) in [6.07, 6.45) is 5.51. The van der Waals surface area contributed by atoms with Gasteiger partial charge in [0.25, 0.3) is 0 Å². The van der Waals surface area contributed by atoms with Crippen molar-refractivity contribution in [1.82, 2.24) is 29.7 Å². The maximum Gasteiger partial charge on any atom is 0.237 e. The number of carbonyl (C=O) groups excluding carboxylic acids is 1. The summed E-state index contributed by atoms with van der Waals surface area (Å²) in [5.74, 6) is 4.27. The van der Waals surface area contributed by atoms with Crippen LogP contribution in [-0.2, 0) is 11.3 Å². The number of carbonyl (C=O) groups is 1. The predicted molar refractivity (Wildman–Crippen MR) is 157 cm³/mol. The highest BCUT2D eigenvalue weighted by Gasteiger charge is 2.31. The third-order valence-electron chi connectivity index (χ3n) is 7.96. The van der Waals surface area contributed by atoms with Gasteiger partial charge < -0.3 is 29.2 Å². The minimum absolute atomic E-state index is 0.0364. The van der Waals surface area contributed by atoms with Gasteiger partial charge in [-0.15, -0.1) is 0 Å². The lowest BCUT2D eigenvalue weighted by Gasteiger charge is -2.42. The Labute approximate surface area is 249 Å². The Bertz CT molecular complexity index is 1630. The molecule has 1 fully saturated rings. The highest BCUT2D eigenvalue weighted by molar-refractivity contribution is 5.77. The number of anilines is 1. The fraction of sp³-hybridized carbons (Fsp3) is 0.355. The highest BCUT2D eigenvalue weighted by Crippen LogP contribution is 2.35. The number of nitrogens with zero attached hydrogens (tertiary/aromatic N) is 6. The fourth-order valence-electron chi connectivity index (χ4n) is 5.79. The first-order valence-corrected chi connectivity index (χ1v) is 14.4. The second-order valence-electron chi connectivity index (χ2n) is 11.0. The van der Waals surface area contributed by atoms with E-state index in [2.05, 4.69) is 31.2 Å². The first kappa shape index (κ1) is 27.0. The molecule has 3 aliphatic rings. The molecule has 12 heteroatoms. The smallest absolute Gasteiger partial charge is 0.237 e. The summed E-state index contributed by atoms with van der Waals surface area (Å²) in [7, 11) is 0. The number of nitrogens with one attached hydrogen (secondary N) is 1. The van der Waals surface area contributed by atoms with E-state index in [4.69, 9.17) is 23.9 Å². The summed E-state index contributed by atoms with van der Waals surface area (Å²) >= 11 is 0. The number of ether oxygens (including phenoxy) is 4. The van der Waals surface area contributed by atoms with Crippen LogP contribution in [0.1, 0.15) is 36.2 Å². The second-order valence-corrected chi connectivity index (χ2v) is 11.0. The predicted octanol–water partition coefficient (Wildman–Crippen LogP) is 3.39. The third-order valence-corrected chi connectivity index (χ3v) is 7.96. The molecular weight excluding hydrogens is 550 g/mol. The van der Waals surface area contributed by atoms with Gasteiger partial charge in [0.15, 0.2) is 23.0 Å². The summed E-state index contributed by atoms with van der Waals surface area (Å²) < 4.78 is 23.8. The molecule has 0 spiro atoms. The number of aromatic nitrogens is 4. The average molecular weight is 584 g/mol. The van der Waals surface area contributed by atoms with E-state index in [1.54, 1.807) is 17.1 Å². The van der Waals surface area contributed by atoms with E-state index in [-0.39, 0.29) is 31.6 Å². The molecule has 2 aromatic heterocycles. The van der Waals surface area contributed by atoms with Crippen LogP contribution in [0, 0.1) is 6.92 Å². The minimum atomic E-state index is -0.196. The van der Waals surface area contributed by atoms with Crippen LogP contribution in [0.15, 0.2) is 61.2 Å². The molecule has 4 aromatic rings. The van der Waals surface area contributed by atoms with Gasteiger partial charge >= 0.3 is 0 Å². The van der Waals surface area contributed by atoms with Crippen molar-refractivity contribution in [2.45, 2.75) is 38.9 Å². The van der Waals surface area contributed by atoms with Crippen LogP contribution < -0.4 is 29.2 Å². The number of piperazine rings is 1. The molecule has 1 saturated heterocycles. The van der Waals surface area contributed by atoms with Gasteiger partial charge in [-0.25, -0.2) is 9.97 Å². The number of hydrogen-bond donors (Lipinski definition) is 1. The number of amides is 1. The fourth-order valence-corrected chi connectivity index (χ4v) is 5.79. The Balaban J connectivity index is 1.10. The molecule has 222 valence electrons. The number of fused-ring (bicyclic) bond motifs is 2. The van der Waals surface area contributed by atoms with E-state index >= 15 is 0 Å². The van der Waals surface area contributed by atoms with E-state index in [0.717, 1.165) is 53.0 Å². The van der Waals surface area contributed by atoms with Gasteiger partial charge in [0.05, 0.1) is 12.1 Å². The first-order chi connectivity index (χ1) is 21.0. The van der Waals surface area contributed by atoms with Gasteiger partial charge in [-0.3, -0.25) is 14.3 Å². The largest absolute Gasteiger partial charge is 0.454 e. The molecule has 1 N–H and O–H groups in total. The van der Waals surface area contributed by atoms with Gasteiger partial charge in [-0.2, -0.15) is 4.98 Å². The maximum absolute atomic E-state index is 13.5. The molecule has 0 radical (unpaired) electrons. The Morgan fingerprint density at radius 3 is 2.53 bits per heavy atom. The second kappa shape index (κ2) is 11.4. The normalized spacial score (nSPS) is 18.1. The molecule has 3 aliphatic heterocycles. The third kappa shape index (κ3) is 5.78. The zero-order chi connectivity index (χ0) is 29.3. The average Bonchev–Trinajstić information content (AvgIpc) is 3.78. The van der Waals surface area contributed by atoms with Crippen LogP contribution >= 0.6 is 0 Å². The number of aryl methyl sites for hydroxylation is 1. The lowest BCUT2D eigenvalue weighted by Crippen LogP contribution is -2.54. The van der Waals surface area contributed by atoms with Gasteiger partial charge in [-0.05, 0) is 49.2 Å². The van der Waals surface area contributed by atoms with E-state index in [1.165, 1.54) is 0 Å². The number of benzene rings is 2. The van der Waals surface area contributed by atoms with Gasteiger partial charge in [-0.1, -0.05) is 12.1 Å². The Morgan fingerprint density at radius 1 is 0.977 bits per heavy atom. The molecule has 0 saturated carbocycles. The lowest BCUT2D eigenvalue weighted by atomic mass is 10.0. The van der Waals surface area contributed by atoms with Crippen molar-refractivity contribution in [3.8, 4) is 28.9 Å². The zero-order valence-corrected chi connectivity index (χ0v) is 24.1. The SMILES string of the molecule is Cc1cc(N2CCN(Cc3ccc4c(c3)OCO4)CC2CC(=O)NC(C)c2ccc3c(c2)OCO3)nc(-n2ccnc2)n1. The molecule has 12 nitrogen and oxygen atoms in total. The van der Waals surface area contributed by atoms with E-state index in [0.29, 0.717) is 31.2 Å². The van der Waals surface area contributed by atoms with Crippen molar-refractivity contribution in [2.24, 2.45) is 0 Å². The highest BCUT2D eigenvalue weighted by atomic mass is 16.7. The molecule has 0 aliphatic carbocycles. The van der Waals surface area contributed by atoms with Crippen LogP contribution in [0.25, 0.3) is 5.95 Å². The van der Waals surface area contributed by atoms with Gasteiger partial charge in [0, 0.05) is 56.8 Å². The van der Waals surface area contributed by atoms with Crippen LogP contribution in [0.4, 0.5) is 5.82 Å². The van der Waals surface area contributed by atoms with Gasteiger partial charge in [0.2, 0.25) is 25.4 Å². The van der Waals surface area contributed by atoms with E-state index in [9.17, 15) is 4.79 Å². The Hall–Kier alpha value is -4.84. The monoisotopic (exact) mass is 583 g/mol. The molecule has 2 atom stereocenters. The molecular formula is C31H33N7O5. The van der Waals surface area contributed by atoms with Crippen molar-refractivity contribution in [1.29, 1.82) is 0 Å². The summed E-state index contributed by atoms with van der Waals surface area (Å²) in [5, 5.41) is 3.19. The van der Waals surface area contributed by atoms with Crippen LogP contribution in [0.3, 0.4) is 0 Å². The van der Waals surface area contributed by atoms with E-state index < -0.39 is 0 Å². The van der Waals surface area contributed by atoms with Crippen molar-refractivity contribution in [3.63, 3.8) is 0 Å². The van der Waals surface area contributed by atoms with Crippen molar-refractivity contribution in [2.75, 3.05) is 38.1 Å². The number of rotatable bonds is 8. The maximum atomic E-state index is 13.5. The topological polar surface area (TPSA) is 116 Å². The summed E-state index contributed by atoms with van der Waals surface area (Å²) in [4.78, 5) is 31.8. The van der Waals surface area contributed by atoms with Crippen molar-refractivity contribution in [3.05, 3.63) is 78.0 Å².